The van der Waals surface area contributed by atoms with Crippen molar-refractivity contribution >= 4 is 5.78 Å². The second kappa shape index (κ2) is 5.25. The maximum absolute atomic E-state index is 13.2. The van der Waals surface area contributed by atoms with E-state index in [4.69, 9.17) is 4.74 Å². The Labute approximate surface area is 98.7 Å². The van der Waals surface area contributed by atoms with Crippen molar-refractivity contribution in [3.63, 3.8) is 0 Å². The number of benzene rings is 2. The average molecular weight is 230 g/mol. The summed E-state index contributed by atoms with van der Waals surface area (Å²) in [6.45, 7) is -0.162. The summed E-state index contributed by atoms with van der Waals surface area (Å²) < 4.78 is 18.3. The van der Waals surface area contributed by atoms with Gasteiger partial charge in [-0.15, -0.1) is 0 Å². The normalized spacial score (nSPS) is 9.94. The third-order valence-electron chi connectivity index (χ3n) is 2.29. The molecule has 0 aliphatic heterocycles. The monoisotopic (exact) mass is 230 g/mol. The number of hydrogen-bond donors (Lipinski definition) is 0. The van der Waals surface area contributed by atoms with Gasteiger partial charge in [-0.05, 0) is 12.1 Å². The molecule has 86 valence electrons. The maximum Gasteiger partial charge on any atom is 0.200 e. The first-order valence-electron chi connectivity index (χ1n) is 5.23. The van der Waals surface area contributed by atoms with Crippen LogP contribution in [0.25, 0.3) is 0 Å². The Morgan fingerprint density at radius 1 is 1.00 bits per heavy atom. The molecule has 0 N–H and O–H groups in total. The van der Waals surface area contributed by atoms with Crippen molar-refractivity contribution < 1.29 is 13.9 Å². The zero-order valence-corrected chi connectivity index (χ0v) is 9.10. The first-order chi connectivity index (χ1) is 8.27. The highest BCUT2D eigenvalue weighted by atomic mass is 19.1. The molecule has 0 fully saturated rings. The van der Waals surface area contributed by atoms with Crippen LogP contribution in [0.4, 0.5) is 4.39 Å². The Hall–Kier alpha value is -2.16. The smallest absolute Gasteiger partial charge is 0.200 e. The van der Waals surface area contributed by atoms with Gasteiger partial charge < -0.3 is 4.74 Å². The van der Waals surface area contributed by atoms with Gasteiger partial charge in [-0.3, -0.25) is 4.79 Å². The summed E-state index contributed by atoms with van der Waals surface area (Å²) >= 11 is 0. The van der Waals surface area contributed by atoms with E-state index in [0.29, 0.717) is 5.56 Å². The average Bonchev–Trinajstić information content (AvgIpc) is 2.38. The van der Waals surface area contributed by atoms with E-state index in [1.54, 1.807) is 36.4 Å². The molecule has 2 nitrogen and oxygen atoms in total. The summed E-state index contributed by atoms with van der Waals surface area (Å²) in [6.07, 6.45) is 0. The summed E-state index contributed by atoms with van der Waals surface area (Å²) in [5, 5.41) is 0. The lowest BCUT2D eigenvalue weighted by molar-refractivity contribution is 0.0919. The molecule has 0 aliphatic rings. The van der Waals surface area contributed by atoms with Crippen LogP contribution < -0.4 is 4.74 Å². The zero-order chi connectivity index (χ0) is 12.1. The molecule has 0 aliphatic carbocycles. The van der Waals surface area contributed by atoms with Gasteiger partial charge in [0.15, 0.2) is 24.0 Å². The quantitative estimate of drug-likeness (QED) is 0.754. The van der Waals surface area contributed by atoms with E-state index in [0.717, 1.165) is 0 Å². The molecular weight excluding hydrogens is 219 g/mol. The van der Waals surface area contributed by atoms with Gasteiger partial charge in [-0.1, -0.05) is 42.5 Å². The van der Waals surface area contributed by atoms with Crippen molar-refractivity contribution in [3.05, 3.63) is 66.0 Å². The molecule has 0 atom stereocenters. The van der Waals surface area contributed by atoms with Crippen molar-refractivity contribution in [2.45, 2.75) is 0 Å². The van der Waals surface area contributed by atoms with Gasteiger partial charge in [-0.2, -0.15) is 0 Å². The largest absolute Gasteiger partial charge is 0.482 e. The molecule has 3 heteroatoms. The number of carbonyl (C=O) groups excluding carboxylic acids is 1. The Morgan fingerprint density at radius 3 is 2.35 bits per heavy atom. The van der Waals surface area contributed by atoms with Gasteiger partial charge >= 0.3 is 0 Å². The summed E-state index contributed by atoms with van der Waals surface area (Å²) in [7, 11) is 0. The van der Waals surface area contributed by atoms with Crippen LogP contribution >= 0.6 is 0 Å². The van der Waals surface area contributed by atoms with Crippen molar-refractivity contribution in [1.82, 2.24) is 0 Å². The zero-order valence-electron chi connectivity index (χ0n) is 9.10. The third-order valence-corrected chi connectivity index (χ3v) is 2.29. The predicted octanol–water partition coefficient (Wildman–Crippen LogP) is 3.09. The number of para-hydroxylation sites is 1. The van der Waals surface area contributed by atoms with Crippen LogP contribution in [-0.4, -0.2) is 12.4 Å². The predicted molar refractivity (Wildman–Crippen MR) is 62.7 cm³/mol. The van der Waals surface area contributed by atoms with Gasteiger partial charge in [0, 0.05) is 5.56 Å². The minimum absolute atomic E-state index is 0.0942. The number of hydrogen-bond acceptors (Lipinski definition) is 2. The Morgan fingerprint density at radius 2 is 1.65 bits per heavy atom. The molecule has 0 unspecified atom stereocenters. The highest BCUT2D eigenvalue weighted by Crippen LogP contribution is 2.15. The fourth-order valence-electron chi connectivity index (χ4n) is 1.41. The summed E-state index contributed by atoms with van der Waals surface area (Å²) in [5.41, 5.74) is 0.559. The number of Topliss-reactive ketones (excluding diaryl/α,β-unsaturated/α-hetero) is 1. The lowest BCUT2D eigenvalue weighted by atomic mass is 10.1. The number of ether oxygens (including phenoxy) is 1. The molecule has 2 aromatic rings. The molecule has 0 radical (unpaired) electrons. The third kappa shape index (κ3) is 2.91. The molecule has 0 saturated carbocycles. The molecule has 0 heterocycles. The van der Waals surface area contributed by atoms with Gasteiger partial charge in [0.2, 0.25) is 0 Å². The molecular formula is C14H11FO2. The lowest BCUT2D eigenvalue weighted by Gasteiger charge is -2.06. The van der Waals surface area contributed by atoms with E-state index in [9.17, 15) is 9.18 Å². The van der Waals surface area contributed by atoms with Crippen molar-refractivity contribution in [3.8, 4) is 5.75 Å². The minimum atomic E-state index is -0.464. The topological polar surface area (TPSA) is 26.3 Å². The molecule has 2 rings (SSSR count). The van der Waals surface area contributed by atoms with Gasteiger partial charge in [0.1, 0.15) is 0 Å². The molecule has 0 amide bonds. The van der Waals surface area contributed by atoms with Crippen LogP contribution in [0, 0.1) is 5.82 Å². The number of carbonyl (C=O) groups is 1. The molecule has 0 aromatic heterocycles. The van der Waals surface area contributed by atoms with E-state index >= 15 is 0 Å². The van der Waals surface area contributed by atoms with Crippen molar-refractivity contribution in [2.24, 2.45) is 0 Å². The van der Waals surface area contributed by atoms with Crippen LogP contribution in [-0.2, 0) is 0 Å². The first-order valence-corrected chi connectivity index (χ1v) is 5.23. The molecule has 2 aromatic carbocycles. The van der Waals surface area contributed by atoms with Gasteiger partial charge in [0.05, 0.1) is 0 Å². The second-order valence-corrected chi connectivity index (χ2v) is 3.51. The van der Waals surface area contributed by atoms with Crippen LogP contribution in [0.2, 0.25) is 0 Å². The van der Waals surface area contributed by atoms with E-state index in [1.807, 2.05) is 6.07 Å². The van der Waals surface area contributed by atoms with Crippen LogP contribution in [0.15, 0.2) is 54.6 Å². The summed E-state index contributed by atoms with van der Waals surface area (Å²) in [6, 6.07) is 14.8. The first kappa shape index (κ1) is 11.3. The molecule has 0 spiro atoms. The molecule has 17 heavy (non-hydrogen) atoms. The van der Waals surface area contributed by atoms with Gasteiger partial charge in [-0.25, -0.2) is 4.39 Å². The highest BCUT2D eigenvalue weighted by Gasteiger charge is 2.07. The number of halogens is 1. The lowest BCUT2D eigenvalue weighted by Crippen LogP contribution is -2.11. The van der Waals surface area contributed by atoms with Crippen molar-refractivity contribution in [1.29, 1.82) is 0 Å². The minimum Gasteiger partial charge on any atom is -0.482 e. The summed E-state index contributed by atoms with van der Waals surface area (Å²) in [5.74, 6) is -0.543. The Bertz CT molecular complexity index is 509. The number of rotatable bonds is 4. The standard InChI is InChI=1S/C14H11FO2/c15-12-8-4-5-9-14(12)17-10-13(16)11-6-2-1-3-7-11/h1-9H,10H2. The maximum atomic E-state index is 13.2. The van der Waals surface area contributed by atoms with Crippen LogP contribution in [0.1, 0.15) is 10.4 Å². The second-order valence-electron chi connectivity index (χ2n) is 3.51. The van der Waals surface area contributed by atoms with E-state index in [-0.39, 0.29) is 18.1 Å². The van der Waals surface area contributed by atoms with Crippen molar-refractivity contribution in [2.75, 3.05) is 6.61 Å². The SMILES string of the molecule is O=C(COc1ccccc1F)c1ccccc1. The fraction of sp³-hybridized carbons (Fsp3) is 0.0714. The fourth-order valence-corrected chi connectivity index (χ4v) is 1.41. The van der Waals surface area contributed by atoms with E-state index in [2.05, 4.69) is 0 Å². The Balaban J connectivity index is 2.00. The Kier molecular flexibility index (Phi) is 3.50. The van der Waals surface area contributed by atoms with Gasteiger partial charge in [0.25, 0.3) is 0 Å². The highest BCUT2D eigenvalue weighted by molar-refractivity contribution is 5.97. The summed E-state index contributed by atoms with van der Waals surface area (Å²) in [4.78, 5) is 11.7. The molecule has 0 bridgehead atoms. The van der Waals surface area contributed by atoms with Crippen LogP contribution in [0.5, 0.6) is 5.75 Å². The van der Waals surface area contributed by atoms with E-state index in [1.165, 1.54) is 12.1 Å². The van der Waals surface area contributed by atoms with E-state index < -0.39 is 5.82 Å². The van der Waals surface area contributed by atoms with Crippen LogP contribution in [0.3, 0.4) is 0 Å². The molecule has 0 saturated heterocycles. The number of ketones is 1.